The monoisotopic (exact) mass is 321 g/mol. The van der Waals surface area contributed by atoms with E-state index in [0.717, 1.165) is 12.8 Å². The van der Waals surface area contributed by atoms with Crippen LogP contribution in [0.4, 0.5) is 0 Å². The molecule has 0 radical (unpaired) electrons. The maximum atomic E-state index is 12.4. The number of benzene rings is 1. The molecule has 0 aromatic heterocycles. The van der Waals surface area contributed by atoms with Gasteiger partial charge >= 0.3 is 0 Å². The number of hydrogen-bond donors (Lipinski definition) is 1. The quantitative estimate of drug-likeness (QED) is 0.802. The molecule has 0 amide bonds. The summed E-state index contributed by atoms with van der Waals surface area (Å²) in [6, 6.07) is 10.9. The van der Waals surface area contributed by atoms with Gasteiger partial charge in [0.2, 0.25) is 0 Å². The molecule has 0 spiro atoms. The summed E-state index contributed by atoms with van der Waals surface area (Å²) >= 11 is 3.76. The lowest BCUT2D eigenvalue weighted by Gasteiger charge is -2.43. The summed E-state index contributed by atoms with van der Waals surface area (Å²) in [5, 5.41) is 3.70. The Bertz CT molecular complexity index is 461. The van der Waals surface area contributed by atoms with Crippen molar-refractivity contribution in [2.24, 2.45) is 11.8 Å². The highest BCUT2D eigenvalue weighted by molar-refractivity contribution is 9.09. The third-order valence-electron chi connectivity index (χ3n) is 4.64. The van der Waals surface area contributed by atoms with Crippen LogP contribution in [0.1, 0.15) is 37.8 Å². The number of halogens is 1. The average molecular weight is 322 g/mol. The van der Waals surface area contributed by atoms with Crippen molar-refractivity contribution in [2.45, 2.75) is 43.1 Å². The summed E-state index contributed by atoms with van der Waals surface area (Å²) < 4.78 is 0. The first-order valence-electron chi connectivity index (χ1n) is 7.13. The van der Waals surface area contributed by atoms with Gasteiger partial charge < -0.3 is 5.32 Å². The summed E-state index contributed by atoms with van der Waals surface area (Å²) in [4.78, 5) is 12.9. The fourth-order valence-corrected chi connectivity index (χ4v) is 4.08. The number of nitrogens with one attached hydrogen (secondary N) is 1. The van der Waals surface area contributed by atoms with Crippen molar-refractivity contribution in [2.75, 3.05) is 0 Å². The van der Waals surface area contributed by atoms with Crippen LogP contribution in [0.2, 0.25) is 0 Å². The van der Waals surface area contributed by atoms with Gasteiger partial charge in [-0.25, -0.2) is 0 Å². The van der Waals surface area contributed by atoms with Crippen molar-refractivity contribution in [3.63, 3.8) is 0 Å². The van der Waals surface area contributed by atoms with Gasteiger partial charge in [-0.2, -0.15) is 0 Å². The van der Waals surface area contributed by atoms with E-state index in [9.17, 15) is 4.79 Å². The van der Waals surface area contributed by atoms with Crippen LogP contribution in [0.3, 0.4) is 0 Å². The molecule has 1 N–H and O–H groups in total. The number of carbonyl (C=O) groups is 1. The molecule has 1 heterocycles. The van der Waals surface area contributed by atoms with Crippen molar-refractivity contribution < 1.29 is 4.79 Å². The van der Waals surface area contributed by atoms with Crippen LogP contribution in [0.15, 0.2) is 30.3 Å². The minimum Gasteiger partial charge on any atom is -0.306 e. The van der Waals surface area contributed by atoms with E-state index in [0.29, 0.717) is 29.0 Å². The summed E-state index contributed by atoms with van der Waals surface area (Å²) in [6.45, 7) is 2.24. The lowest BCUT2D eigenvalue weighted by Crippen LogP contribution is -2.52. The van der Waals surface area contributed by atoms with Crippen LogP contribution in [0, 0.1) is 11.8 Å². The summed E-state index contributed by atoms with van der Waals surface area (Å²) in [6.07, 6.45) is 2.72. The molecule has 1 saturated heterocycles. The minimum atomic E-state index is 0.197. The molecule has 5 unspecified atom stereocenters. The molecule has 1 aromatic rings. The van der Waals surface area contributed by atoms with Crippen LogP contribution in [0.25, 0.3) is 0 Å². The molecule has 102 valence electrons. The van der Waals surface area contributed by atoms with Crippen LogP contribution in [0.5, 0.6) is 0 Å². The third-order valence-corrected chi connectivity index (χ3v) is 5.92. The number of piperidine rings is 1. The van der Waals surface area contributed by atoms with Crippen LogP contribution < -0.4 is 5.32 Å². The van der Waals surface area contributed by atoms with Gasteiger partial charge in [0, 0.05) is 29.2 Å². The average Bonchev–Trinajstić information content (AvgIpc) is 2.42. The van der Waals surface area contributed by atoms with E-state index in [1.807, 2.05) is 18.2 Å². The fourth-order valence-electron chi connectivity index (χ4n) is 3.46. The largest absolute Gasteiger partial charge is 0.306 e. The van der Waals surface area contributed by atoms with Gasteiger partial charge in [-0.05, 0) is 24.3 Å². The molecule has 1 aliphatic carbocycles. The smallest absolute Gasteiger partial charge is 0.139 e. The molecule has 2 nitrogen and oxygen atoms in total. The number of carbonyl (C=O) groups excluding carboxylic acids is 1. The highest BCUT2D eigenvalue weighted by atomic mass is 79.9. The summed E-state index contributed by atoms with van der Waals surface area (Å²) in [5.41, 5.74) is 1.24. The zero-order chi connectivity index (χ0) is 13.4. The van der Waals surface area contributed by atoms with Gasteiger partial charge in [0.25, 0.3) is 0 Å². The van der Waals surface area contributed by atoms with E-state index in [2.05, 4.69) is 40.3 Å². The molecular formula is C16H20BrNO. The van der Waals surface area contributed by atoms with Crippen molar-refractivity contribution >= 4 is 21.7 Å². The standard InChI is InChI=1S/C16H20BrNO/c1-10-7-12-15(8-13(10)17)18-14(9-16(12)19)11-5-3-2-4-6-11/h2-6,10,12-15,18H,7-9H2,1H3. The first kappa shape index (κ1) is 13.3. The second-order valence-corrected chi connectivity index (χ2v) is 7.15. The maximum absolute atomic E-state index is 12.4. The molecule has 5 atom stereocenters. The van der Waals surface area contributed by atoms with E-state index in [4.69, 9.17) is 0 Å². The summed E-state index contributed by atoms with van der Waals surface area (Å²) in [5.74, 6) is 1.27. The maximum Gasteiger partial charge on any atom is 0.139 e. The molecule has 2 aliphatic rings. The van der Waals surface area contributed by atoms with Gasteiger partial charge in [-0.3, -0.25) is 4.79 Å². The second kappa shape index (κ2) is 5.37. The first-order chi connectivity index (χ1) is 9.15. The number of rotatable bonds is 1. The molecule has 3 heteroatoms. The van der Waals surface area contributed by atoms with Crippen LogP contribution in [-0.4, -0.2) is 16.7 Å². The molecule has 1 aliphatic heterocycles. The van der Waals surface area contributed by atoms with Crippen LogP contribution in [-0.2, 0) is 4.79 Å². The van der Waals surface area contributed by atoms with E-state index < -0.39 is 0 Å². The first-order valence-corrected chi connectivity index (χ1v) is 8.04. The zero-order valence-corrected chi connectivity index (χ0v) is 12.8. The normalized spacial score (nSPS) is 38.8. The Morgan fingerprint density at radius 3 is 2.68 bits per heavy atom. The number of fused-ring (bicyclic) bond motifs is 1. The molecule has 2 fully saturated rings. The van der Waals surface area contributed by atoms with Crippen molar-refractivity contribution in [3.8, 4) is 0 Å². The van der Waals surface area contributed by atoms with E-state index in [1.165, 1.54) is 5.56 Å². The molecule has 1 aromatic carbocycles. The van der Waals surface area contributed by atoms with Crippen molar-refractivity contribution in [1.82, 2.24) is 5.32 Å². The highest BCUT2D eigenvalue weighted by Crippen LogP contribution is 2.39. The lowest BCUT2D eigenvalue weighted by atomic mass is 9.72. The SMILES string of the molecule is CC1CC2C(=O)CC(c3ccccc3)NC2CC1Br. The molecule has 1 saturated carbocycles. The lowest BCUT2D eigenvalue weighted by molar-refractivity contribution is -0.128. The predicted octanol–water partition coefficient (Wildman–Crippen LogP) is 3.47. The molecule has 3 rings (SSSR count). The van der Waals surface area contributed by atoms with Gasteiger partial charge in [0.05, 0.1) is 0 Å². The number of alkyl halides is 1. The topological polar surface area (TPSA) is 29.1 Å². The Balaban J connectivity index is 1.78. The Morgan fingerprint density at radius 2 is 1.95 bits per heavy atom. The van der Waals surface area contributed by atoms with Crippen molar-refractivity contribution in [1.29, 1.82) is 0 Å². The molecular weight excluding hydrogens is 302 g/mol. The van der Waals surface area contributed by atoms with Gasteiger partial charge in [-0.1, -0.05) is 53.2 Å². The van der Waals surface area contributed by atoms with Gasteiger partial charge in [0.1, 0.15) is 5.78 Å². The number of ketones is 1. The van der Waals surface area contributed by atoms with Gasteiger partial charge in [-0.15, -0.1) is 0 Å². The van der Waals surface area contributed by atoms with E-state index in [-0.39, 0.29) is 12.0 Å². The fraction of sp³-hybridized carbons (Fsp3) is 0.562. The molecule has 19 heavy (non-hydrogen) atoms. The Kier molecular flexibility index (Phi) is 3.77. The van der Waals surface area contributed by atoms with E-state index in [1.54, 1.807) is 0 Å². The van der Waals surface area contributed by atoms with E-state index >= 15 is 0 Å². The Morgan fingerprint density at radius 1 is 1.21 bits per heavy atom. The van der Waals surface area contributed by atoms with Crippen LogP contribution >= 0.6 is 15.9 Å². The minimum absolute atomic E-state index is 0.197. The molecule has 0 bridgehead atoms. The number of Topliss-reactive ketones (excluding diaryl/α,β-unsaturated/α-hetero) is 1. The van der Waals surface area contributed by atoms with Gasteiger partial charge in [0.15, 0.2) is 0 Å². The highest BCUT2D eigenvalue weighted by Gasteiger charge is 2.42. The zero-order valence-electron chi connectivity index (χ0n) is 11.2. The summed E-state index contributed by atoms with van der Waals surface area (Å²) in [7, 11) is 0. The van der Waals surface area contributed by atoms with Crippen molar-refractivity contribution in [3.05, 3.63) is 35.9 Å². The predicted molar refractivity (Wildman–Crippen MR) is 80.3 cm³/mol. The Labute approximate surface area is 123 Å². The number of hydrogen-bond acceptors (Lipinski definition) is 2. The second-order valence-electron chi connectivity index (χ2n) is 5.98. The Hall–Kier alpha value is -0.670. The third kappa shape index (κ3) is 2.63.